The number of benzene rings is 2. The van der Waals surface area contributed by atoms with Crippen LogP contribution in [0.2, 0.25) is 5.02 Å². The number of aliphatic carboxylic acids is 1. The lowest BCUT2D eigenvalue weighted by molar-refractivity contribution is -0.139. The van der Waals surface area contributed by atoms with E-state index in [-0.39, 0.29) is 26.9 Å². The molecule has 0 saturated carbocycles. The molecule has 0 amide bonds. The maximum absolute atomic E-state index is 12.8. The highest BCUT2D eigenvalue weighted by Crippen LogP contribution is 2.29. The molecule has 31 heavy (non-hydrogen) atoms. The van der Waals surface area contributed by atoms with Gasteiger partial charge in [-0.15, -0.1) is 0 Å². The van der Waals surface area contributed by atoms with E-state index < -0.39 is 22.6 Å². The fourth-order valence-corrected chi connectivity index (χ4v) is 4.05. The summed E-state index contributed by atoms with van der Waals surface area (Å²) in [6, 6.07) is 11.5. The summed E-state index contributed by atoms with van der Waals surface area (Å²) in [5.41, 5.74) is 1.10. The third-order valence-electron chi connectivity index (χ3n) is 4.11. The van der Waals surface area contributed by atoms with E-state index in [0.29, 0.717) is 23.5 Å². The predicted octanol–water partition coefficient (Wildman–Crippen LogP) is 2.92. The molecule has 0 aliphatic carbocycles. The zero-order chi connectivity index (χ0) is 22.6. The molecular formula is C20H18ClN3O6S. The molecule has 0 unspecified atom stereocenters. The summed E-state index contributed by atoms with van der Waals surface area (Å²) in [5, 5.41) is 8.62. The van der Waals surface area contributed by atoms with Gasteiger partial charge in [0.2, 0.25) is 0 Å². The molecule has 3 rings (SSSR count). The van der Waals surface area contributed by atoms with Crippen LogP contribution < -0.4 is 15.0 Å². The topological polar surface area (TPSA) is 138 Å². The Hall–Kier alpha value is -3.37. The van der Waals surface area contributed by atoms with Crippen molar-refractivity contribution in [3.63, 3.8) is 0 Å². The summed E-state index contributed by atoms with van der Waals surface area (Å²) in [4.78, 5) is 29.3. The molecule has 0 bridgehead atoms. The van der Waals surface area contributed by atoms with Crippen molar-refractivity contribution >= 4 is 33.3 Å². The Kier molecular flexibility index (Phi) is 6.62. The maximum Gasteiger partial charge on any atom is 0.341 e. The van der Waals surface area contributed by atoms with Crippen LogP contribution in [0.5, 0.6) is 5.75 Å². The van der Waals surface area contributed by atoms with Crippen LogP contribution in [-0.2, 0) is 21.2 Å². The number of aryl methyl sites for hydroxylation is 1. The van der Waals surface area contributed by atoms with Crippen LogP contribution in [0, 0.1) is 0 Å². The minimum absolute atomic E-state index is 0.0453. The van der Waals surface area contributed by atoms with Crippen LogP contribution in [-0.4, -0.2) is 36.1 Å². The maximum atomic E-state index is 12.8. The number of H-pyrrole nitrogens is 1. The van der Waals surface area contributed by atoms with Crippen LogP contribution in [0.1, 0.15) is 12.6 Å². The van der Waals surface area contributed by atoms with Crippen molar-refractivity contribution in [1.82, 2.24) is 9.97 Å². The first-order chi connectivity index (χ1) is 14.7. The van der Waals surface area contributed by atoms with E-state index in [1.807, 2.05) is 6.92 Å². The van der Waals surface area contributed by atoms with E-state index in [1.54, 1.807) is 24.3 Å². The van der Waals surface area contributed by atoms with Gasteiger partial charge in [0.1, 0.15) is 11.6 Å². The quantitative estimate of drug-likeness (QED) is 0.466. The average molecular weight is 464 g/mol. The van der Waals surface area contributed by atoms with Gasteiger partial charge in [-0.25, -0.2) is 18.2 Å². The molecule has 0 aliphatic rings. The van der Waals surface area contributed by atoms with Crippen molar-refractivity contribution in [3.8, 4) is 17.1 Å². The molecule has 11 heteroatoms. The Labute approximate surface area is 182 Å². The molecule has 0 fully saturated rings. The molecule has 162 valence electrons. The minimum atomic E-state index is -4.00. The lowest BCUT2D eigenvalue weighted by atomic mass is 10.2. The highest BCUT2D eigenvalue weighted by molar-refractivity contribution is 7.92. The van der Waals surface area contributed by atoms with E-state index in [9.17, 15) is 18.0 Å². The van der Waals surface area contributed by atoms with Crippen molar-refractivity contribution in [2.24, 2.45) is 0 Å². The van der Waals surface area contributed by atoms with E-state index in [2.05, 4.69) is 14.7 Å². The molecule has 0 aliphatic heterocycles. The SMILES string of the molecule is CCc1cc(=O)[nH]c(-c2cccc(NS(=O)(=O)c3ccc(OCC(=O)O)c(Cl)c3)c2)n1. The van der Waals surface area contributed by atoms with Gasteiger partial charge in [-0.3, -0.25) is 9.52 Å². The first-order valence-electron chi connectivity index (χ1n) is 9.05. The smallest absolute Gasteiger partial charge is 0.341 e. The van der Waals surface area contributed by atoms with Crippen LogP contribution >= 0.6 is 11.6 Å². The lowest BCUT2D eigenvalue weighted by Gasteiger charge is -2.11. The van der Waals surface area contributed by atoms with Gasteiger partial charge < -0.3 is 14.8 Å². The second-order valence-electron chi connectivity index (χ2n) is 6.40. The second kappa shape index (κ2) is 9.19. The number of carbonyl (C=O) groups is 1. The van der Waals surface area contributed by atoms with Crippen molar-refractivity contribution in [3.05, 3.63) is 69.6 Å². The third-order valence-corrected chi connectivity index (χ3v) is 5.78. The highest BCUT2D eigenvalue weighted by Gasteiger charge is 2.17. The lowest BCUT2D eigenvalue weighted by Crippen LogP contribution is -2.14. The molecule has 1 heterocycles. The minimum Gasteiger partial charge on any atom is -0.480 e. The molecule has 3 aromatic rings. The first-order valence-corrected chi connectivity index (χ1v) is 10.9. The van der Waals surface area contributed by atoms with Gasteiger partial charge in [-0.1, -0.05) is 30.7 Å². The molecule has 3 N–H and O–H groups in total. The number of aromatic nitrogens is 2. The highest BCUT2D eigenvalue weighted by atomic mass is 35.5. The van der Waals surface area contributed by atoms with Crippen molar-refractivity contribution in [1.29, 1.82) is 0 Å². The summed E-state index contributed by atoms with van der Waals surface area (Å²) in [6.45, 7) is 1.27. The van der Waals surface area contributed by atoms with Crippen molar-refractivity contribution < 1.29 is 23.1 Å². The normalized spacial score (nSPS) is 11.2. The molecule has 1 aromatic heterocycles. The average Bonchev–Trinajstić information content (AvgIpc) is 2.72. The molecular weight excluding hydrogens is 446 g/mol. The number of aromatic amines is 1. The Morgan fingerprint density at radius 1 is 1.23 bits per heavy atom. The monoisotopic (exact) mass is 463 g/mol. The molecule has 0 spiro atoms. The van der Waals surface area contributed by atoms with E-state index in [1.165, 1.54) is 18.2 Å². The number of nitrogens with one attached hydrogen (secondary N) is 2. The van der Waals surface area contributed by atoms with Crippen LogP contribution in [0.25, 0.3) is 11.4 Å². The largest absolute Gasteiger partial charge is 0.480 e. The van der Waals surface area contributed by atoms with Gasteiger partial charge in [0.15, 0.2) is 6.61 Å². The summed E-state index contributed by atoms with van der Waals surface area (Å²) in [7, 11) is -4.00. The summed E-state index contributed by atoms with van der Waals surface area (Å²) in [5.74, 6) is -0.807. The fraction of sp³-hybridized carbons (Fsp3) is 0.150. The standard InChI is InChI=1S/C20H18ClN3O6S/c1-2-13-9-18(25)23-20(22-13)12-4-3-5-14(8-12)24-31(28,29)15-6-7-17(16(21)10-15)30-11-19(26)27/h3-10,24H,2,11H2,1H3,(H,26,27)(H,22,23,25). The zero-order valence-electron chi connectivity index (χ0n) is 16.3. The number of hydrogen-bond acceptors (Lipinski definition) is 6. The van der Waals surface area contributed by atoms with E-state index >= 15 is 0 Å². The number of carboxylic acids is 1. The summed E-state index contributed by atoms with van der Waals surface area (Å²) >= 11 is 6.02. The Bertz CT molecular complexity index is 1290. The van der Waals surface area contributed by atoms with Crippen LogP contribution in [0.15, 0.2) is 58.2 Å². The molecule has 0 radical (unpaired) electrons. The van der Waals surface area contributed by atoms with Crippen LogP contribution in [0.3, 0.4) is 0 Å². The van der Waals surface area contributed by atoms with Gasteiger partial charge >= 0.3 is 5.97 Å². The predicted molar refractivity (Wildman–Crippen MR) is 115 cm³/mol. The Morgan fingerprint density at radius 3 is 2.68 bits per heavy atom. The number of carboxylic acid groups (broad SMARTS) is 1. The van der Waals surface area contributed by atoms with E-state index in [0.717, 1.165) is 6.07 Å². The second-order valence-corrected chi connectivity index (χ2v) is 8.49. The number of anilines is 1. The number of sulfonamides is 1. The Morgan fingerprint density at radius 2 is 2.00 bits per heavy atom. The summed E-state index contributed by atoms with van der Waals surface area (Å²) in [6.07, 6.45) is 0.580. The van der Waals surface area contributed by atoms with Gasteiger partial charge in [-0.2, -0.15) is 0 Å². The van der Waals surface area contributed by atoms with Gasteiger partial charge in [0, 0.05) is 23.0 Å². The molecule has 0 saturated heterocycles. The third kappa shape index (κ3) is 5.62. The number of hydrogen-bond donors (Lipinski definition) is 3. The number of rotatable bonds is 8. The number of ether oxygens (including phenoxy) is 1. The Balaban J connectivity index is 1.86. The van der Waals surface area contributed by atoms with E-state index in [4.69, 9.17) is 21.4 Å². The van der Waals surface area contributed by atoms with Gasteiger partial charge in [0.25, 0.3) is 15.6 Å². The summed E-state index contributed by atoms with van der Waals surface area (Å²) < 4.78 is 32.9. The number of halogens is 1. The molecule has 9 nitrogen and oxygen atoms in total. The van der Waals surface area contributed by atoms with Crippen molar-refractivity contribution in [2.45, 2.75) is 18.2 Å². The zero-order valence-corrected chi connectivity index (χ0v) is 17.8. The van der Waals surface area contributed by atoms with Gasteiger partial charge in [0.05, 0.1) is 9.92 Å². The van der Waals surface area contributed by atoms with Crippen LogP contribution in [0.4, 0.5) is 5.69 Å². The fourth-order valence-electron chi connectivity index (χ4n) is 2.68. The first kappa shape index (κ1) is 22.3. The number of nitrogens with zero attached hydrogens (tertiary/aromatic N) is 1. The molecule has 2 aromatic carbocycles. The van der Waals surface area contributed by atoms with Crippen molar-refractivity contribution in [2.75, 3.05) is 11.3 Å². The molecule has 0 atom stereocenters. The van der Waals surface area contributed by atoms with Gasteiger partial charge in [-0.05, 0) is 36.8 Å².